The molecule has 124 valence electrons. The quantitative estimate of drug-likeness (QED) is 0.502. The standard InChI is InChI=1S/C22H19NO2/c1-14(2)16-9-11-21-19(13-16)23-22(25-21)18-12-17(8-10-20(18)24)15-6-4-3-5-7-15/h3-14,24H,1-2H3. The summed E-state index contributed by atoms with van der Waals surface area (Å²) >= 11 is 0. The zero-order valence-corrected chi connectivity index (χ0v) is 14.2. The van der Waals surface area contributed by atoms with Crippen LogP contribution in [0, 0.1) is 0 Å². The van der Waals surface area contributed by atoms with Gasteiger partial charge in [-0.2, -0.15) is 0 Å². The number of phenolic OH excluding ortho intramolecular Hbond substituents is 1. The lowest BCUT2D eigenvalue weighted by atomic mass is 10.0. The predicted octanol–water partition coefficient (Wildman–Crippen LogP) is 5.99. The third kappa shape index (κ3) is 2.89. The van der Waals surface area contributed by atoms with Gasteiger partial charge in [-0.3, -0.25) is 0 Å². The summed E-state index contributed by atoms with van der Waals surface area (Å²) in [7, 11) is 0. The second kappa shape index (κ2) is 6.10. The number of fused-ring (bicyclic) bond motifs is 1. The van der Waals surface area contributed by atoms with Gasteiger partial charge in [0.05, 0.1) is 5.56 Å². The lowest BCUT2D eigenvalue weighted by Gasteiger charge is -2.05. The van der Waals surface area contributed by atoms with Crippen LogP contribution in [-0.2, 0) is 0 Å². The number of aromatic hydroxyl groups is 1. The van der Waals surface area contributed by atoms with Crippen molar-refractivity contribution in [2.45, 2.75) is 19.8 Å². The highest BCUT2D eigenvalue weighted by molar-refractivity contribution is 5.80. The Morgan fingerprint density at radius 1 is 0.880 bits per heavy atom. The van der Waals surface area contributed by atoms with E-state index in [1.807, 2.05) is 54.6 Å². The zero-order chi connectivity index (χ0) is 17.4. The van der Waals surface area contributed by atoms with E-state index in [4.69, 9.17) is 4.42 Å². The number of hydrogen-bond donors (Lipinski definition) is 1. The van der Waals surface area contributed by atoms with Crippen molar-refractivity contribution in [3.8, 4) is 28.3 Å². The van der Waals surface area contributed by atoms with Gasteiger partial charge in [0.25, 0.3) is 0 Å². The molecule has 4 aromatic rings. The van der Waals surface area contributed by atoms with E-state index < -0.39 is 0 Å². The second-order valence-corrected chi connectivity index (χ2v) is 6.50. The van der Waals surface area contributed by atoms with Crippen molar-refractivity contribution in [1.82, 2.24) is 4.98 Å². The van der Waals surface area contributed by atoms with Crippen LogP contribution in [0.3, 0.4) is 0 Å². The maximum Gasteiger partial charge on any atom is 0.231 e. The van der Waals surface area contributed by atoms with Gasteiger partial charge in [-0.25, -0.2) is 4.98 Å². The number of rotatable bonds is 3. The highest BCUT2D eigenvalue weighted by Crippen LogP contribution is 2.35. The van der Waals surface area contributed by atoms with Crippen molar-refractivity contribution < 1.29 is 9.52 Å². The van der Waals surface area contributed by atoms with E-state index in [2.05, 4.69) is 24.9 Å². The molecular weight excluding hydrogens is 310 g/mol. The molecule has 3 nitrogen and oxygen atoms in total. The van der Waals surface area contributed by atoms with E-state index in [1.54, 1.807) is 6.07 Å². The smallest absolute Gasteiger partial charge is 0.231 e. The van der Waals surface area contributed by atoms with Crippen LogP contribution in [0.2, 0.25) is 0 Å². The summed E-state index contributed by atoms with van der Waals surface area (Å²) in [4.78, 5) is 4.59. The number of hydrogen-bond acceptors (Lipinski definition) is 3. The Morgan fingerprint density at radius 3 is 2.44 bits per heavy atom. The van der Waals surface area contributed by atoms with Crippen LogP contribution in [0.25, 0.3) is 33.7 Å². The van der Waals surface area contributed by atoms with Gasteiger partial charge in [0.1, 0.15) is 11.3 Å². The molecule has 0 aliphatic heterocycles. The topological polar surface area (TPSA) is 46.3 Å². The van der Waals surface area contributed by atoms with E-state index in [0.717, 1.165) is 22.2 Å². The molecule has 0 spiro atoms. The molecule has 0 unspecified atom stereocenters. The largest absolute Gasteiger partial charge is 0.507 e. The highest BCUT2D eigenvalue weighted by Gasteiger charge is 2.14. The number of nitrogens with zero attached hydrogens (tertiary/aromatic N) is 1. The van der Waals surface area contributed by atoms with Crippen molar-refractivity contribution in [2.75, 3.05) is 0 Å². The molecule has 3 heteroatoms. The van der Waals surface area contributed by atoms with Gasteiger partial charge < -0.3 is 9.52 Å². The van der Waals surface area contributed by atoms with E-state index in [0.29, 0.717) is 17.4 Å². The van der Waals surface area contributed by atoms with E-state index in [-0.39, 0.29) is 5.75 Å². The Hall–Kier alpha value is -3.07. The van der Waals surface area contributed by atoms with Crippen molar-refractivity contribution in [3.63, 3.8) is 0 Å². The minimum atomic E-state index is 0.162. The molecule has 4 rings (SSSR count). The summed E-state index contributed by atoms with van der Waals surface area (Å²) in [6.07, 6.45) is 0. The van der Waals surface area contributed by atoms with Gasteiger partial charge in [0.2, 0.25) is 5.89 Å². The Balaban J connectivity index is 1.82. The number of aromatic nitrogens is 1. The molecule has 25 heavy (non-hydrogen) atoms. The first-order valence-corrected chi connectivity index (χ1v) is 8.41. The van der Waals surface area contributed by atoms with Crippen LogP contribution in [-0.4, -0.2) is 10.1 Å². The van der Waals surface area contributed by atoms with Gasteiger partial charge in [-0.05, 0) is 46.9 Å². The molecule has 1 aromatic heterocycles. The van der Waals surface area contributed by atoms with Crippen LogP contribution < -0.4 is 0 Å². The van der Waals surface area contributed by atoms with E-state index in [1.165, 1.54) is 5.56 Å². The molecule has 0 aliphatic carbocycles. The van der Waals surface area contributed by atoms with Crippen molar-refractivity contribution in [1.29, 1.82) is 0 Å². The van der Waals surface area contributed by atoms with Crippen molar-refractivity contribution in [2.24, 2.45) is 0 Å². The summed E-state index contributed by atoms with van der Waals surface area (Å²) in [5.74, 6) is 1.03. The lowest BCUT2D eigenvalue weighted by Crippen LogP contribution is -1.85. The average molecular weight is 329 g/mol. The molecule has 0 atom stereocenters. The second-order valence-electron chi connectivity index (χ2n) is 6.50. The molecule has 0 radical (unpaired) electrons. The molecule has 0 amide bonds. The Kier molecular flexibility index (Phi) is 3.77. The Morgan fingerprint density at radius 2 is 1.68 bits per heavy atom. The maximum atomic E-state index is 10.3. The molecule has 0 aliphatic rings. The fourth-order valence-electron chi connectivity index (χ4n) is 2.94. The molecule has 3 aromatic carbocycles. The summed E-state index contributed by atoms with van der Waals surface area (Å²) in [5.41, 5.74) is 5.45. The third-order valence-electron chi connectivity index (χ3n) is 4.41. The monoisotopic (exact) mass is 329 g/mol. The molecule has 0 bridgehead atoms. The fraction of sp³-hybridized carbons (Fsp3) is 0.136. The van der Waals surface area contributed by atoms with E-state index >= 15 is 0 Å². The van der Waals surface area contributed by atoms with E-state index in [9.17, 15) is 5.11 Å². The predicted molar refractivity (Wildman–Crippen MR) is 101 cm³/mol. The molecule has 1 N–H and O–H groups in total. The minimum absolute atomic E-state index is 0.162. The Bertz CT molecular complexity index is 1030. The van der Waals surface area contributed by atoms with Crippen LogP contribution in [0.5, 0.6) is 5.75 Å². The number of benzene rings is 3. The van der Waals surface area contributed by atoms with Gasteiger partial charge in [-0.1, -0.05) is 56.3 Å². The van der Waals surface area contributed by atoms with Crippen LogP contribution in [0.15, 0.2) is 71.1 Å². The maximum absolute atomic E-state index is 10.3. The average Bonchev–Trinajstić information content (AvgIpc) is 3.05. The normalized spacial score (nSPS) is 11.3. The lowest BCUT2D eigenvalue weighted by molar-refractivity contribution is 0.474. The molecular formula is C22H19NO2. The first-order chi connectivity index (χ1) is 12.1. The SMILES string of the molecule is CC(C)c1ccc2oc(-c3cc(-c4ccccc4)ccc3O)nc2c1. The Labute approximate surface area is 146 Å². The summed E-state index contributed by atoms with van der Waals surface area (Å²) < 4.78 is 5.89. The summed E-state index contributed by atoms with van der Waals surface area (Å²) in [6.45, 7) is 4.30. The van der Waals surface area contributed by atoms with Gasteiger partial charge in [-0.15, -0.1) is 0 Å². The highest BCUT2D eigenvalue weighted by atomic mass is 16.3. The van der Waals surface area contributed by atoms with Gasteiger partial charge >= 0.3 is 0 Å². The minimum Gasteiger partial charge on any atom is -0.507 e. The molecule has 1 heterocycles. The van der Waals surface area contributed by atoms with Gasteiger partial charge in [0.15, 0.2) is 5.58 Å². The summed E-state index contributed by atoms with van der Waals surface area (Å²) in [6, 6.07) is 21.6. The number of phenols is 1. The zero-order valence-electron chi connectivity index (χ0n) is 14.2. The van der Waals surface area contributed by atoms with Crippen LogP contribution in [0.4, 0.5) is 0 Å². The first kappa shape index (κ1) is 15.5. The molecule has 0 saturated carbocycles. The fourth-order valence-corrected chi connectivity index (χ4v) is 2.94. The molecule has 0 saturated heterocycles. The number of oxazole rings is 1. The summed E-state index contributed by atoms with van der Waals surface area (Å²) in [5, 5.41) is 10.3. The molecule has 0 fully saturated rings. The van der Waals surface area contributed by atoms with Crippen molar-refractivity contribution >= 4 is 11.1 Å². The third-order valence-corrected chi connectivity index (χ3v) is 4.41. The van der Waals surface area contributed by atoms with Crippen LogP contribution in [0.1, 0.15) is 25.3 Å². The van der Waals surface area contributed by atoms with Gasteiger partial charge in [0, 0.05) is 0 Å². The van der Waals surface area contributed by atoms with Crippen molar-refractivity contribution in [3.05, 3.63) is 72.3 Å². The first-order valence-electron chi connectivity index (χ1n) is 8.41. The van der Waals surface area contributed by atoms with Crippen LogP contribution >= 0.6 is 0 Å².